The molecule has 118 valence electrons. The number of hydrogen-bond donors (Lipinski definition) is 0. The van der Waals surface area contributed by atoms with E-state index in [0.29, 0.717) is 23.7 Å². The highest BCUT2D eigenvalue weighted by atomic mass is 32.2. The SMILES string of the molecule is CSc1c2c(oc(=O)c1C#N)-c1ccc3ccccc3c1OCC2. The highest BCUT2D eigenvalue weighted by molar-refractivity contribution is 7.98. The van der Waals surface area contributed by atoms with Crippen LogP contribution in [0.15, 0.2) is 50.5 Å². The summed E-state index contributed by atoms with van der Waals surface area (Å²) in [7, 11) is 0. The molecule has 0 atom stereocenters. The van der Waals surface area contributed by atoms with Gasteiger partial charge in [0, 0.05) is 22.3 Å². The molecule has 0 amide bonds. The smallest absolute Gasteiger partial charge is 0.355 e. The van der Waals surface area contributed by atoms with Gasteiger partial charge in [-0.3, -0.25) is 0 Å². The lowest BCUT2D eigenvalue weighted by atomic mass is 10.00. The van der Waals surface area contributed by atoms with E-state index in [2.05, 4.69) is 0 Å². The van der Waals surface area contributed by atoms with Gasteiger partial charge in [-0.1, -0.05) is 30.3 Å². The number of thioether (sulfide) groups is 1. The molecule has 0 bridgehead atoms. The van der Waals surface area contributed by atoms with E-state index in [-0.39, 0.29) is 5.56 Å². The number of nitriles is 1. The molecular formula is C19H13NO3S. The number of hydrogen-bond acceptors (Lipinski definition) is 5. The van der Waals surface area contributed by atoms with Crippen molar-refractivity contribution in [3.8, 4) is 23.1 Å². The van der Waals surface area contributed by atoms with Gasteiger partial charge in [-0.25, -0.2) is 4.79 Å². The van der Waals surface area contributed by atoms with Crippen LogP contribution >= 0.6 is 11.8 Å². The minimum atomic E-state index is -0.596. The van der Waals surface area contributed by atoms with Gasteiger partial charge >= 0.3 is 5.63 Å². The maximum atomic E-state index is 12.2. The van der Waals surface area contributed by atoms with E-state index in [1.807, 2.05) is 48.7 Å². The number of rotatable bonds is 1. The molecule has 4 nitrogen and oxygen atoms in total. The Morgan fingerprint density at radius 1 is 1.21 bits per heavy atom. The molecule has 0 saturated carbocycles. The van der Waals surface area contributed by atoms with Crippen LogP contribution in [0.1, 0.15) is 11.1 Å². The van der Waals surface area contributed by atoms with Crippen molar-refractivity contribution >= 4 is 22.5 Å². The maximum absolute atomic E-state index is 12.2. The number of nitrogens with zero attached hydrogens (tertiary/aromatic N) is 1. The monoisotopic (exact) mass is 335 g/mol. The van der Waals surface area contributed by atoms with Crippen molar-refractivity contribution in [3.63, 3.8) is 0 Å². The Morgan fingerprint density at radius 2 is 2.04 bits per heavy atom. The largest absolute Gasteiger partial charge is 0.492 e. The van der Waals surface area contributed by atoms with Crippen molar-refractivity contribution in [1.82, 2.24) is 0 Å². The molecule has 0 fully saturated rings. The zero-order valence-electron chi connectivity index (χ0n) is 13.0. The van der Waals surface area contributed by atoms with Gasteiger partial charge in [-0.05, 0) is 17.7 Å². The number of benzene rings is 2. The van der Waals surface area contributed by atoms with Gasteiger partial charge in [-0.2, -0.15) is 5.26 Å². The Labute approximate surface area is 142 Å². The molecule has 4 rings (SSSR count). The Bertz CT molecular complexity index is 1060. The lowest BCUT2D eigenvalue weighted by Gasteiger charge is -2.12. The molecule has 0 unspecified atom stereocenters. The standard InChI is InChI=1S/C19H13NO3S/c1-24-18-14-8-9-22-16-12-5-3-2-4-11(12)6-7-13(16)17(14)23-19(21)15(18)10-20/h2-7H,8-9H2,1H3. The molecule has 2 heterocycles. The molecule has 2 aromatic carbocycles. The van der Waals surface area contributed by atoms with E-state index in [1.54, 1.807) is 0 Å². The van der Waals surface area contributed by atoms with Crippen molar-refractivity contribution in [2.24, 2.45) is 0 Å². The molecule has 0 N–H and O–H groups in total. The normalized spacial score (nSPS) is 12.7. The molecule has 1 aliphatic heterocycles. The fourth-order valence-electron chi connectivity index (χ4n) is 3.15. The van der Waals surface area contributed by atoms with Crippen LogP contribution in [0.5, 0.6) is 5.75 Å². The van der Waals surface area contributed by atoms with Crippen molar-refractivity contribution in [1.29, 1.82) is 5.26 Å². The van der Waals surface area contributed by atoms with E-state index in [4.69, 9.17) is 9.15 Å². The fraction of sp³-hybridized carbons (Fsp3) is 0.158. The third-order valence-electron chi connectivity index (χ3n) is 4.21. The molecule has 24 heavy (non-hydrogen) atoms. The van der Waals surface area contributed by atoms with E-state index >= 15 is 0 Å². The second-order valence-corrected chi connectivity index (χ2v) is 6.30. The van der Waals surface area contributed by atoms with Gasteiger partial charge < -0.3 is 9.15 Å². The first-order chi connectivity index (χ1) is 11.7. The highest BCUT2D eigenvalue weighted by Gasteiger charge is 2.25. The van der Waals surface area contributed by atoms with E-state index in [0.717, 1.165) is 27.6 Å². The predicted molar refractivity (Wildman–Crippen MR) is 93.6 cm³/mol. The zero-order valence-corrected chi connectivity index (χ0v) is 13.8. The van der Waals surface area contributed by atoms with Gasteiger partial charge in [-0.15, -0.1) is 11.8 Å². The summed E-state index contributed by atoms with van der Waals surface area (Å²) in [5.41, 5.74) is 1.11. The van der Waals surface area contributed by atoms with Crippen LogP contribution < -0.4 is 10.4 Å². The van der Waals surface area contributed by atoms with Crippen LogP contribution in [0, 0.1) is 11.3 Å². The molecule has 0 spiro atoms. The summed E-state index contributed by atoms with van der Waals surface area (Å²) in [5, 5.41) is 11.3. The van der Waals surface area contributed by atoms with Crippen molar-refractivity contribution < 1.29 is 9.15 Å². The van der Waals surface area contributed by atoms with Gasteiger partial charge in [0.2, 0.25) is 0 Å². The quantitative estimate of drug-likeness (QED) is 0.629. The van der Waals surface area contributed by atoms with Crippen LogP contribution in [0.4, 0.5) is 0 Å². The summed E-state index contributed by atoms with van der Waals surface area (Å²) in [4.78, 5) is 12.9. The van der Waals surface area contributed by atoms with E-state index in [1.165, 1.54) is 11.8 Å². The molecule has 5 heteroatoms. The van der Waals surface area contributed by atoms with Crippen LogP contribution in [0.2, 0.25) is 0 Å². The molecule has 1 aromatic heterocycles. The first-order valence-electron chi connectivity index (χ1n) is 7.53. The second kappa shape index (κ2) is 5.73. The lowest BCUT2D eigenvalue weighted by Crippen LogP contribution is -2.10. The molecule has 0 aliphatic carbocycles. The van der Waals surface area contributed by atoms with Crippen molar-refractivity contribution in [3.05, 3.63) is 57.9 Å². The van der Waals surface area contributed by atoms with Gasteiger partial charge in [0.1, 0.15) is 17.6 Å². The third kappa shape index (κ3) is 2.11. The second-order valence-electron chi connectivity index (χ2n) is 5.48. The molecular weight excluding hydrogens is 322 g/mol. The van der Waals surface area contributed by atoms with Crippen molar-refractivity contribution in [2.45, 2.75) is 11.3 Å². The van der Waals surface area contributed by atoms with Gasteiger partial charge in [0.25, 0.3) is 0 Å². The topological polar surface area (TPSA) is 63.2 Å². The fourth-order valence-corrected chi connectivity index (χ4v) is 3.93. The Hall–Kier alpha value is -2.71. The summed E-state index contributed by atoms with van der Waals surface area (Å²) in [5.74, 6) is 1.24. The van der Waals surface area contributed by atoms with Crippen LogP contribution in [-0.4, -0.2) is 12.9 Å². The maximum Gasteiger partial charge on any atom is 0.355 e. The minimum absolute atomic E-state index is 0.0745. The predicted octanol–water partition coefficient (Wildman–Crippen LogP) is 3.99. The minimum Gasteiger partial charge on any atom is -0.492 e. The van der Waals surface area contributed by atoms with Gasteiger partial charge in [0.15, 0.2) is 5.56 Å². The molecule has 1 aliphatic rings. The summed E-state index contributed by atoms with van der Waals surface area (Å²) in [6.07, 6.45) is 2.45. The average molecular weight is 335 g/mol. The first kappa shape index (κ1) is 14.9. The Morgan fingerprint density at radius 3 is 2.83 bits per heavy atom. The lowest BCUT2D eigenvalue weighted by molar-refractivity contribution is 0.329. The highest BCUT2D eigenvalue weighted by Crippen LogP contribution is 2.42. The van der Waals surface area contributed by atoms with E-state index in [9.17, 15) is 10.1 Å². The summed E-state index contributed by atoms with van der Waals surface area (Å²) >= 11 is 1.40. The molecule has 3 aromatic rings. The average Bonchev–Trinajstić information content (AvgIpc) is 2.80. The number of ether oxygens (including phenoxy) is 1. The first-order valence-corrected chi connectivity index (χ1v) is 8.76. The number of fused-ring (bicyclic) bond motifs is 5. The van der Waals surface area contributed by atoms with Crippen molar-refractivity contribution in [2.75, 3.05) is 12.9 Å². The molecule has 0 radical (unpaired) electrons. The Kier molecular flexibility index (Phi) is 3.55. The van der Waals surface area contributed by atoms with Crippen LogP contribution in [0.3, 0.4) is 0 Å². The van der Waals surface area contributed by atoms with E-state index < -0.39 is 5.63 Å². The zero-order chi connectivity index (χ0) is 16.7. The van der Waals surface area contributed by atoms with Gasteiger partial charge in [0.05, 0.1) is 12.2 Å². The van der Waals surface area contributed by atoms with Crippen LogP contribution in [0.25, 0.3) is 22.1 Å². The Balaban J connectivity index is 2.10. The summed E-state index contributed by atoms with van der Waals surface area (Å²) < 4.78 is 11.6. The van der Waals surface area contributed by atoms with Crippen LogP contribution in [-0.2, 0) is 6.42 Å². The third-order valence-corrected chi connectivity index (χ3v) is 5.07. The summed E-state index contributed by atoms with van der Waals surface area (Å²) in [6.45, 7) is 0.472. The molecule has 0 saturated heterocycles. The summed E-state index contributed by atoms with van der Waals surface area (Å²) in [6, 6.07) is 13.8.